The van der Waals surface area contributed by atoms with Crippen molar-refractivity contribution in [2.75, 3.05) is 39.3 Å². The predicted octanol–water partition coefficient (Wildman–Crippen LogP) is 4.23. The third kappa shape index (κ3) is 9.08. The van der Waals surface area contributed by atoms with Crippen molar-refractivity contribution < 1.29 is 5.11 Å². The number of nitrogens with one attached hydrogen (secondary N) is 2. The van der Waals surface area contributed by atoms with Crippen molar-refractivity contribution in [1.29, 1.82) is 0 Å². The third-order valence-corrected chi connectivity index (χ3v) is 5.93. The Hall–Kier alpha value is -1.64. The van der Waals surface area contributed by atoms with Gasteiger partial charge >= 0.3 is 0 Å². The Balaban J connectivity index is 0.00000363. The summed E-state index contributed by atoms with van der Waals surface area (Å²) in [7, 11) is 0. The summed E-state index contributed by atoms with van der Waals surface area (Å²) in [4.78, 5) is 7.21. The first-order valence-corrected chi connectivity index (χ1v) is 11.8. The van der Waals surface area contributed by atoms with Crippen LogP contribution in [-0.4, -0.2) is 61.3 Å². The average Bonchev–Trinajstić information content (AvgIpc) is 2.81. The monoisotopic (exact) mass is 550 g/mol. The molecule has 1 aliphatic rings. The molecule has 3 rings (SSSR count). The molecular weight excluding hydrogens is 511 g/mol. The van der Waals surface area contributed by atoms with Gasteiger partial charge in [-0.25, -0.2) is 0 Å². The van der Waals surface area contributed by atoms with E-state index in [0.717, 1.165) is 70.9 Å². The van der Waals surface area contributed by atoms with Gasteiger partial charge in [0.1, 0.15) is 0 Å². The third-order valence-electron chi connectivity index (χ3n) is 5.93. The van der Waals surface area contributed by atoms with Gasteiger partial charge in [0.15, 0.2) is 5.96 Å². The van der Waals surface area contributed by atoms with Crippen molar-refractivity contribution >= 4 is 29.9 Å². The van der Waals surface area contributed by atoms with Crippen LogP contribution in [0.25, 0.3) is 0 Å². The maximum absolute atomic E-state index is 9.63. The van der Waals surface area contributed by atoms with Crippen molar-refractivity contribution in [2.45, 2.75) is 44.6 Å². The molecule has 1 heterocycles. The minimum absolute atomic E-state index is 0. The summed E-state index contributed by atoms with van der Waals surface area (Å²) in [5, 5.41) is 16.5. The fourth-order valence-electron chi connectivity index (χ4n) is 4.20. The maximum atomic E-state index is 9.63. The molecule has 0 bridgehead atoms. The van der Waals surface area contributed by atoms with E-state index in [-0.39, 0.29) is 30.1 Å². The number of rotatable bonds is 10. The van der Waals surface area contributed by atoms with Crippen molar-refractivity contribution in [3.63, 3.8) is 0 Å². The van der Waals surface area contributed by atoms with Gasteiger partial charge in [-0.15, -0.1) is 24.0 Å². The zero-order valence-electron chi connectivity index (χ0n) is 19.2. The molecular formula is C26H39IN4O. The van der Waals surface area contributed by atoms with E-state index in [0.29, 0.717) is 5.92 Å². The first-order chi connectivity index (χ1) is 15.3. The fourth-order valence-corrected chi connectivity index (χ4v) is 4.20. The highest BCUT2D eigenvalue weighted by molar-refractivity contribution is 14.0. The molecule has 1 saturated heterocycles. The number of aliphatic imine (C=N–C) groups is 1. The fraction of sp³-hybridized carbons (Fsp3) is 0.500. The predicted molar refractivity (Wildman–Crippen MR) is 145 cm³/mol. The topological polar surface area (TPSA) is 59.9 Å². The Morgan fingerprint density at radius 1 is 1.00 bits per heavy atom. The number of guanidine groups is 1. The molecule has 0 unspecified atom stereocenters. The lowest BCUT2D eigenvalue weighted by atomic mass is 9.88. The smallest absolute Gasteiger partial charge is 0.191 e. The van der Waals surface area contributed by atoms with Gasteiger partial charge < -0.3 is 20.6 Å². The minimum atomic E-state index is -0.102. The van der Waals surface area contributed by atoms with Gasteiger partial charge in [-0.3, -0.25) is 4.99 Å². The van der Waals surface area contributed by atoms with E-state index in [2.05, 4.69) is 83.1 Å². The van der Waals surface area contributed by atoms with E-state index in [1.165, 1.54) is 11.1 Å². The second-order valence-electron chi connectivity index (χ2n) is 8.28. The molecule has 3 N–H and O–H groups in total. The molecule has 1 fully saturated rings. The molecule has 2 aromatic rings. The first-order valence-electron chi connectivity index (χ1n) is 11.8. The highest BCUT2D eigenvalue weighted by Crippen LogP contribution is 2.27. The highest BCUT2D eigenvalue weighted by atomic mass is 127. The van der Waals surface area contributed by atoms with Gasteiger partial charge in [-0.05, 0) is 50.3 Å². The van der Waals surface area contributed by atoms with Crippen molar-refractivity contribution in [1.82, 2.24) is 15.5 Å². The number of aliphatic hydroxyl groups is 1. The zero-order chi connectivity index (χ0) is 21.7. The van der Waals surface area contributed by atoms with E-state index in [4.69, 9.17) is 4.99 Å². The van der Waals surface area contributed by atoms with E-state index in [1.54, 1.807) is 0 Å². The molecule has 0 saturated carbocycles. The number of hydrogen-bond acceptors (Lipinski definition) is 3. The van der Waals surface area contributed by atoms with E-state index < -0.39 is 0 Å². The van der Waals surface area contributed by atoms with Crippen LogP contribution in [0.1, 0.15) is 49.7 Å². The Labute approximate surface area is 210 Å². The summed E-state index contributed by atoms with van der Waals surface area (Å²) in [6, 6.07) is 21.5. The van der Waals surface area contributed by atoms with E-state index in [9.17, 15) is 5.11 Å². The summed E-state index contributed by atoms with van der Waals surface area (Å²) < 4.78 is 0. The highest BCUT2D eigenvalue weighted by Gasteiger charge is 2.16. The van der Waals surface area contributed by atoms with Gasteiger partial charge in [0.05, 0.1) is 6.10 Å². The summed E-state index contributed by atoms with van der Waals surface area (Å²) in [6.45, 7) is 7.70. The average molecular weight is 551 g/mol. The van der Waals surface area contributed by atoms with Gasteiger partial charge in [-0.1, -0.05) is 60.7 Å². The van der Waals surface area contributed by atoms with E-state index in [1.807, 2.05) is 0 Å². The lowest BCUT2D eigenvalue weighted by Gasteiger charge is -2.29. The number of nitrogens with zero attached hydrogens (tertiary/aromatic N) is 2. The summed E-state index contributed by atoms with van der Waals surface area (Å²) >= 11 is 0. The molecule has 176 valence electrons. The molecule has 0 spiro atoms. The largest absolute Gasteiger partial charge is 0.393 e. The molecule has 0 aromatic heterocycles. The van der Waals surface area contributed by atoms with E-state index >= 15 is 0 Å². The molecule has 0 radical (unpaired) electrons. The van der Waals surface area contributed by atoms with Crippen molar-refractivity contribution in [3.8, 4) is 0 Å². The molecule has 0 atom stereocenters. The number of aliphatic hydroxyl groups excluding tert-OH is 1. The molecule has 5 nitrogen and oxygen atoms in total. The number of benzene rings is 2. The summed E-state index contributed by atoms with van der Waals surface area (Å²) in [6.07, 6.45) is 3.75. The Morgan fingerprint density at radius 3 is 2.16 bits per heavy atom. The summed E-state index contributed by atoms with van der Waals surface area (Å²) in [5.74, 6) is 1.27. The second-order valence-corrected chi connectivity index (χ2v) is 8.28. The van der Waals surface area contributed by atoms with Crippen LogP contribution >= 0.6 is 24.0 Å². The number of hydrogen-bond donors (Lipinski definition) is 3. The molecule has 0 amide bonds. The molecule has 1 aliphatic heterocycles. The van der Waals surface area contributed by atoms with Crippen LogP contribution in [-0.2, 0) is 0 Å². The zero-order valence-corrected chi connectivity index (χ0v) is 21.6. The number of halogens is 1. The molecule has 0 aliphatic carbocycles. The standard InChI is InChI=1S/C26H38N4O.HI/c1-2-27-26(28-17-9-19-30-20-15-24(31)16-21-30)29-18-14-25(22-10-5-3-6-11-22)23-12-7-4-8-13-23;/h3-8,10-13,24-25,31H,2,9,14-21H2,1H3,(H2,27,28,29);1H. The second kappa shape index (κ2) is 15.2. The Morgan fingerprint density at radius 2 is 1.59 bits per heavy atom. The first kappa shape index (κ1) is 26.6. The van der Waals surface area contributed by atoms with Crippen LogP contribution in [0, 0.1) is 0 Å². The normalized spacial score (nSPS) is 15.4. The van der Waals surface area contributed by atoms with Crippen LogP contribution in [0.15, 0.2) is 65.7 Å². The molecule has 2 aromatic carbocycles. The number of likely N-dealkylation sites (tertiary alicyclic amines) is 1. The number of piperidine rings is 1. The van der Waals surface area contributed by atoms with Crippen LogP contribution in [0.5, 0.6) is 0 Å². The van der Waals surface area contributed by atoms with Gasteiger partial charge in [0, 0.05) is 38.6 Å². The van der Waals surface area contributed by atoms with Crippen LogP contribution < -0.4 is 10.6 Å². The lowest BCUT2D eigenvalue weighted by molar-refractivity contribution is 0.0824. The van der Waals surface area contributed by atoms with Crippen LogP contribution in [0.4, 0.5) is 0 Å². The quantitative estimate of drug-likeness (QED) is 0.180. The molecule has 6 heteroatoms. The summed E-state index contributed by atoms with van der Waals surface area (Å²) in [5.41, 5.74) is 2.70. The van der Waals surface area contributed by atoms with Gasteiger partial charge in [0.25, 0.3) is 0 Å². The van der Waals surface area contributed by atoms with Crippen molar-refractivity contribution in [2.24, 2.45) is 4.99 Å². The Kier molecular flexibility index (Phi) is 12.7. The van der Waals surface area contributed by atoms with Crippen molar-refractivity contribution in [3.05, 3.63) is 71.8 Å². The van der Waals surface area contributed by atoms with Crippen LogP contribution in [0.3, 0.4) is 0 Å². The van der Waals surface area contributed by atoms with Gasteiger partial charge in [-0.2, -0.15) is 0 Å². The Bertz CT molecular complexity index is 724. The SMILES string of the molecule is CCNC(=NCCCN1CCC(O)CC1)NCCC(c1ccccc1)c1ccccc1.I. The molecule has 32 heavy (non-hydrogen) atoms. The maximum Gasteiger partial charge on any atom is 0.191 e. The van der Waals surface area contributed by atoms with Crippen LogP contribution in [0.2, 0.25) is 0 Å². The van der Waals surface area contributed by atoms with Gasteiger partial charge in [0.2, 0.25) is 0 Å². The minimum Gasteiger partial charge on any atom is -0.393 e. The lowest BCUT2D eigenvalue weighted by Crippen LogP contribution is -2.39.